The number of hydrogen-bond acceptors (Lipinski definition) is 4. The second-order valence-electron chi connectivity index (χ2n) is 7.61. The Morgan fingerprint density at radius 3 is 3.00 bits per heavy atom. The number of hydrogen-bond donors (Lipinski definition) is 1. The van der Waals surface area contributed by atoms with Gasteiger partial charge in [0.25, 0.3) is 0 Å². The fraction of sp³-hybridized carbons (Fsp3) is 0.500. The highest BCUT2D eigenvalue weighted by Crippen LogP contribution is 2.33. The maximum atomic E-state index is 9.68. The molecule has 5 nitrogen and oxygen atoms in total. The van der Waals surface area contributed by atoms with Crippen molar-refractivity contribution in [1.29, 1.82) is 0 Å². The second-order valence-corrected chi connectivity index (χ2v) is 13.2. The van der Waals surface area contributed by atoms with Gasteiger partial charge in [0.15, 0.2) is 0 Å². The standard InChI is InChI=1S/C18H26N2O3Si/c1-24(2,3)9-8-22-13-20-7-6-19-18(20)15-10-14-11-16(21)4-5-17(14)23-12-15/h4-7,11,15,21H,8-10,12-13H2,1-3H3. The third kappa shape index (κ3) is 4.18. The number of aromatic nitrogens is 2. The summed E-state index contributed by atoms with van der Waals surface area (Å²) in [5, 5.41) is 9.68. The van der Waals surface area contributed by atoms with Crippen LogP contribution < -0.4 is 4.74 Å². The van der Waals surface area contributed by atoms with E-state index in [0.717, 1.165) is 36.2 Å². The van der Waals surface area contributed by atoms with Crippen molar-refractivity contribution < 1.29 is 14.6 Å². The minimum Gasteiger partial charge on any atom is -0.508 e. The Kier molecular flexibility index (Phi) is 4.96. The molecule has 0 radical (unpaired) electrons. The Labute approximate surface area is 144 Å². The molecule has 2 aromatic rings. The number of benzene rings is 1. The monoisotopic (exact) mass is 346 g/mol. The van der Waals surface area contributed by atoms with Crippen LogP contribution in [0.1, 0.15) is 17.3 Å². The van der Waals surface area contributed by atoms with Gasteiger partial charge in [-0.3, -0.25) is 0 Å². The van der Waals surface area contributed by atoms with Crippen molar-refractivity contribution in [2.24, 2.45) is 0 Å². The summed E-state index contributed by atoms with van der Waals surface area (Å²) in [4.78, 5) is 4.51. The topological polar surface area (TPSA) is 56.5 Å². The Morgan fingerprint density at radius 2 is 2.21 bits per heavy atom. The number of imidazole rings is 1. The molecule has 130 valence electrons. The van der Waals surface area contributed by atoms with E-state index < -0.39 is 8.07 Å². The van der Waals surface area contributed by atoms with Crippen LogP contribution in [0.3, 0.4) is 0 Å². The maximum Gasteiger partial charge on any atom is 0.123 e. The van der Waals surface area contributed by atoms with Gasteiger partial charge in [0.05, 0.1) is 12.5 Å². The Bertz CT molecular complexity index is 694. The summed E-state index contributed by atoms with van der Waals surface area (Å²) in [6.45, 7) is 8.99. The average Bonchev–Trinajstić information content (AvgIpc) is 2.98. The minimum atomic E-state index is -1.06. The zero-order chi connectivity index (χ0) is 17.2. The number of fused-ring (bicyclic) bond motifs is 1. The molecule has 1 unspecified atom stereocenters. The molecule has 0 bridgehead atoms. The van der Waals surface area contributed by atoms with E-state index in [-0.39, 0.29) is 11.7 Å². The molecular weight excluding hydrogens is 320 g/mol. The van der Waals surface area contributed by atoms with Crippen LogP contribution in [-0.2, 0) is 17.9 Å². The van der Waals surface area contributed by atoms with Crippen LogP contribution >= 0.6 is 0 Å². The molecule has 1 aliphatic rings. The Morgan fingerprint density at radius 1 is 1.38 bits per heavy atom. The van der Waals surface area contributed by atoms with E-state index in [9.17, 15) is 5.11 Å². The third-order valence-corrected chi connectivity index (χ3v) is 5.99. The van der Waals surface area contributed by atoms with E-state index in [2.05, 4.69) is 29.2 Å². The van der Waals surface area contributed by atoms with Crippen LogP contribution in [0.15, 0.2) is 30.6 Å². The molecule has 1 aromatic carbocycles. The van der Waals surface area contributed by atoms with Gasteiger partial charge in [0.1, 0.15) is 24.1 Å². The number of aromatic hydroxyl groups is 1. The molecule has 0 aliphatic carbocycles. The molecule has 0 saturated carbocycles. The van der Waals surface area contributed by atoms with Gasteiger partial charge < -0.3 is 19.1 Å². The van der Waals surface area contributed by atoms with Crippen molar-refractivity contribution in [2.75, 3.05) is 13.2 Å². The lowest BCUT2D eigenvalue weighted by Crippen LogP contribution is -2.24. The molecule has 0 fully saturated rings. The molecule has 0 saturated heterocycles. The van der Waals surface area contributed by atoms with Crippen LogP contribution in [0.4, 0.5) is 0 Å². The smallest absolute Gasteiger partial charge is 0.123 e. The summed E-state index contributed by atoms with van der Waals surface area (Å²) in [7, 11) is -1.06. The lowest BCUT2D eigenvalue weighted by atomic mass is 9.96. The van der Waals surface area contributed by atoms with Gasteiger partial charge in [0.2, 0.25) is 0 Å². The Hall–Kier alpha value is -1.79. The Balaban J connectivity index is 1.63. The predicted octanol–water partition coefficient (Wildman–Crippen LogP) is 3.62. The van der Waals surface area contributed by atoms with Crippen molar-refractivity contribution in [2.45, 2.75) is 44.8 Å². The molecule has 24 heavy (non-hydrogen) atoms. The van der Waals surface area contributed by atoms with Gasteiger partial charge in [-0.2, -0.15) is 0 Å². The number of phenolic OH excluding ortho intramolecular Hbond substituents is 1. The summed E-state index contributed by atoms with van der Waals surface area (Å²) in [5.41, 5.74) is 1.03. The van der Waals surface area contributed by atoms with Gasteiger partial charge in [-0.25, -0.2) is 4.98 Å². The number of phenols is 1. The first kappa shape index (κ1) is 17.0. The molecule has 0 spiro atoms. The van der Waals surface area contributed by atoms with Gasteiger partial charge in [-0.15, -0.1) is 0 Å². The summed E-state index contributed by atoms with van der Waals surface area (Å²) >= 11 is 0. The normalized spacial score (nSPS) is 17.4. The van der Waals surface area contributed by atoms with Crippen molar-refractivity contribution in [3.63, 3.8) is 0 Å². The van der Waals surface area contributed by atoms with Gasteiger partial charge in [0, 0.05) is 27.1 Å². The van der Waals surface area contributed by atoms with Crippen molar-refractivity contribution >= 4 is 8.07 Å². The molecule has 1 N–H and O–H groups in total. The first-order chi connectivity index (χ1) is 11.4. The molecule has 1 aromatic heterocycles. The molecule has 1 atom stereocenters. The molecular formula is C18H26N2O3Si. The quantitative estimate of drug-likeness (QED) is 0.641. The summed E-state index contributed by atoms with van der Waals surface area (Å²) in [6.07, 6.45) is 4.59. The van der Waals surface area contributed by atoms with E-state index in [0.29, 0.717) is 13.3 Å². The third-order valence-electron chi connectivity index (χ3n) is 4.29. The highest BCUT2D eigenvalue weighted by molar-refractivity contribution is 6.76. The SMILES string of the molecule is C[Si](C)(C)CCOCn1ccnc1C1COc2ccc(O)cc2C1. The molecule has 1 aliphatic heterocycles. The molecule has 6 heteroatoms. The van der Waals surface area contributed by atoms with Gasteiger partial charge in [-0.1, -0.05) is 19.6 Å². The number of ether oxygens (including phenoxy) is 2. The van der Waals surface area contributed by atoms with Gasteiger partial charge in [-0.05, 0) is 36.2 Å². The highest BCUT2D eigenvalue weighted by Gasteiger charge is 2.25. The molecule has 0 amide bonds. The molecule has 3 rings (SSSR count). The lowest BCUT2D eigenvalue weighted by Gasteiger charge is -2.25. The zero-order valence-electron chi connectivity index (χ0n) is 14.7. The van der Waals surface area contributed by atoms with Crippen LogP contribution in [0.25, 0.3) is 0 Å². The summed E-state index contributed by atoms with van der Waals surface area (Å²) in [5.74, 6) is 2.29. The van der Waals surface area contributed by atoms with Crippen LogP contribution in [-0.4, -0.2) is 35.9 Å². The first-order valence-corrected chi connectivity index (χ1v) is 12.2. The fourth-order valence-corrected chi connectivity index (χ4v) is 3.63. The number of nitrogens with zero attached hydrogens (tertiary/aromatic N) is 2. The second kappa shape index (κ2) is 6.99. The van der Waals surface area contributed by atoms with Crippen molar-refractivity contribution in [3.05, 3.63) is 42.0 Å². The van der Waals surface area contributed by atoms with Crippen LogP contribution in [0.5, 0.6) is 11.5 Å². The first-order valence-electron chi connectivity index (χ1n) is 8.46. The predicted molar refractivity (Wildman–Crippen MR) is 96.4 cm³/mol. The van der Waals surface area contributed by atoms with E-state index >= 15 is 0 Å². The van der Waals surface area contributed by atoms with Crippen LogP contribution in [0.2, 0.25) is 25.7 Å². The zero-order valence-corrected chi connectivity index (χ0v) is 15.7. The van der Waals surface area contributed by atoms with Gasteiger partial charge >= 0.3 is 0 Å². The van der Waals surface area contributed by atoms with Crippen molar-refractivity contribution in [1.82, 2.24) is 9.55 Å². The summed E-state index contributed by atoms with van der Waals surface area (Å²) < 4.78 is 13.8. The fourth-order valence-electron chi connectivity index (χ4n) is 2.88. The lowest BCUT2D eigenvalue weighted by molar-refractivity contribution is 0.0830. The largest absolute Gasteiger partial charge is 0.508 e. The van der Waals surface area contributed by atoms with Crippen molar-refractivity contribution in [3.8, 4) is 11.5 Å². The minimum absolute atomic E-state index is 0.176. The average molecular weight is 347 g/mol. The highest BCUT2D eigenvalue weighted by atomic mass is 28.3. The maximum absolute atomic E-state index is 9.68. The van der Waals surface area contributed by atoms with E-state index in [1.807, 2.05) is 18.5 Å². The van der Waals surface area contributed by atoms with E-state index in [4.69, 9.17) is 9.47 Å². The molecule has 2 heterocycles. The van der Waals surface area contributed by atoms with E-state index in [1.165, 1.54) is 0 Å². The summed E-state index contributed by atoms with van der Waals surface area (Å²) in [6, 6.07) is 6.43. The van der Waals surface area contributed by atoms with E-state index in [1.54, 1.807) is 12.1 Å². The van der Waals surface area contributed by atoms with Crippen LogP contribution in [0, 0.1) is 0 Å². The number of rotatable bonds is 6.